The van der Waals surface area contributed by atoms with E-state index >= 15 is 0 Å². The standard InChI is InChI=1S/C14H20BrNO3/c1-4-9(2)16-14(18)10(3)19-13-6-5-11(8-17)7-12(13)15/h5-7,9-10,17H,4,8H2,1-3H3,(H,16,18). The lowest BCUT2D eigenvalue weighted by Gasteiger charge is -2.18. The van der Waals surface area contributed by atoms with Crippen LogP contribution in [0.4, 0.5) is 0 Å². The minimum absolute atomic E-state index is 0.0249. The van der Waals surface area contributed by atoms with E-state index in [4.69, 9.17) is 9.84 Å². The number of aliphatic hydroxyl groups excluding tert-OH is 1. The van der Waals surface area contributed by atoms with Gasteiger partial charge in [0.25, 0.3) is 5.91 Å². The van der Waals surface area contributed by atoms with Gasteiger partial charge in [0.15, 0.2) is 6.10 Å². The maximum Gasteiger partial charge on any atom is 0.260 e. The number of rotatable bonds is 6. The second-order valence-corrected chi connectivity index (χ2v) is 5.36. The molecule has 2 atom stereocenters. The number of amides is 1. The Hall–Kier alpha value is -1.07. The first-order valence-electron chi connectivity index (χ1n) is 6.34. The van der Waals surface area contributed by atoms with Crippen molar-refractivity contribution >= 4 is 21.8 Å². The summed E-state index contributed by atoms with van der Waals surface area (Å²) in [5.41, 5.74) is 0.788. The van der Waals surface area contributed by atoms with Crippen LogP contribution in [0, 0.1) is 0 Å². The molecule has 0 bridgehead atoms. The molecule has 2 unspecified atom stereocenters. The third-order valence-corrected chi connectivity index (χ3v) is 3.47. The summed E-state index contributed by atoms with van der Waals surface area (Å²) in [6.45, 7) is 5.66. The molecule has 0 aliphatic heterocycles. The molecular weight excluding hydrogens is 310 g/mol. The van der Waals surface area contributed by atoms with Gasteiger partial charge in [-0.2, -0.15) is 0 Å². The van der Waals surface area contributed by atoms with Gasteiger partial charge in [0.2, 0.25) is 0 Å². The van der Waals surface area contributed by atoms with Crippen molar-refractivity contribution in [2.45, 2.75) is 45.9 Å². The number of carbonyl (C=O) groups is 1. The lowest BCUT2D eigenvalue weighted by atomic mass is 10.2. The van der Waals surface area contributed by atoms with Gasteiger partial charge in [-0.15, -0.1) is 0 Å². The molecule has 0 spiro atoms. The van der Waals surface area contributed by atoms with Gasteiger partial charge in [0.05, 0.1) is 11.1 Å². The molecule has 0 fully saturated rings. The van der Waals surface area contributed by atoms with E-state index in [0.29, 0.717) is 5.75 Å². The molecule has 106 valence electrons. The summed E-state index contributed by atoms with van der Waals surface area (Å²) in [6.07, 6.45) is 0.318. The van der Waals surface area contributed by atoms with Crippen LogP contribution in [0.3, 0.4) is 0 Å². The largest absolute Gasteiger partial charge is 0.480 e. The molecule has 5 heteroatoms. The van der Waals surface area contributed by atoms with E-state index in [2.05, 4.69) is 21.2 Å². The average Bonchev–Trinajstić information content (AvgIpc) is 2.40. The van der Waals surface area contributed by atoms with Gasteiger partial charge < -0.3 is 15.2 Å². The third-order valence-electron chi connectivity index (χ3n) is 2.85. The van der Waals surface area contributed by atoms with Gasteiger partial charge in [-0.3, -0.25) is 4.79 Å². The Balaban J connectivity index is 2.66. The van der Waals surface area contributed by atoms with Crippen LogP contribution >= 0.6 is 15.9 Å². The molecule has 2 N–H and O–H groups in total. The van der Waals surface area contributed by atoms with Crippen molar-refractivity contribution in [1.29, 1.82) is 0 Å². The Morgan fingerprint density at radius 2 is 2.16 bits per heavy atom. The SMILES string of the molecule is CCC(C)NC(=O)C(C)Oc1ccc(CO)cc1Br. The highest BCUT2D eigenvalue weighted by molar-refractivity contribution is 9.10. The number of carbonyl (C=O) groups excluding carboxylic acids is 1. The zero-order valence-electron chi connectivity index (χ0n) is 11.4. The highest BCUT2D eigenvalue weighted by Crippen LogP contribution is 2.27. The minimum atomic E-state index is -0.565. The first-order chi connectivity index (χ1) is 8.97. The Labute approximate surface area is 122 Å². The molecule has 0 aromatic heterocycles. The lowest BCUT2D eigenvalue weighted by Crippen LogP contribution is -2.41. The van der Waals surface area contributed by atoms with Crippen LogP contribution in [0.1, 0.15) is 32.8 Å². The molecule has 0 saturated carbocycles. The molecule has 1 amide bonds. The van der Waals surface area contributed by atoms with Crippen molar-refractivity contribution in [3.8, 4) is 5.75 Å². The van der Waals surface area contributed by atoms with E-state index in [9.17, 15) is 4.79 Å². The summed E-state index contributed by atoms with van der Waals surface area (Å²) in [5, 5.41) is 11.9. The minimum Gasteiger partial charge on any atom is -0.480 e. The Kier molecular flexibility index (Phi) is 6.31. The lowest BCUT2D eigenvalue weighted by molar-refractivity contribution is -0.127. The number of aliphatic hydroxyl groups is 1. The second kappa shape index (κ2) is 7.50. The number of benzene rings is 1. The van der Waals surface area contributed by atoms with Crippen LogP contribution in [0.25, 0.3) is 0 Å². The molecule has 4 nitrogen and oxygen atoms in total. The van der Waals surface area contributed by atoms with E-state index in [-0.39, 0.29) is 18.6 Å². The molecular formula is C14H20BrNO3. The highest BCUT2D eigenvalue weighted by atomic mass is 79.9. The van der Waals surface area contributed by atoms with Crippen molar-refractivity contribution in [2.24, 2.45) is 0 Å². The third kappa shape index (κ3) is 4.84. The summed E-state index contributed by atoms with van der Waals surface area (Å²) in [7, 11) is 0. The average molecular weight is 330 g/mol. The molecule has 0 heterocycles. The fourth-order valence-electron chi connectivity index (χ4n) is 1.44. The fourth-order valence-corrected chi connectivity index (χ4v) is 1.96. The monoisotopic (exact) mass is 329 g/mol. The van der Waals surface area contributed by atoms with Crippen molar-refractivity contribution in [2.75, 3.05) is 0 Å². The predicted molar refractivity (Wildman–Crippen MR) is 78.1 cm³/mol. The molecule has 0 saturated heterocycles. The smallest absolute Gasteiger partial charge is 0.260 e. The van der Waals surface area contributed by atoms with Crippen LogP contribution in [0.15, 0.2) is 22.7 Å². The zero-order chi connectivity index (χ0) is 14.4. The van der Waals surface area contributed by atoms with E-state index in [1.165, 1.54) is 0 Å². The van der Waals surface area contributed by atoms with Gasteiger partial charge in [0.1, 0.15) is 5.75 Å². The predicted octanol–water partition coefficient (Wildman–Crippen LogP) is 2.62. The Bertz CT molecular complexity index is 437. The van der Waals surface area contributed by atoms with Crippen molar-refractivity contribution in [3.63, 3.8) is 0 Å². The van der Waals surface area contributed by atoms with Crippen molar-refractivity contribution < 1.29 is 14.6 Å². The molecule has 0 aliphatic carbocycles. The fraction of sp³-hybridized carbons (Fsp3) is 0.500. The van der Waals surface area contributed by atoms with Crippen LogP contribution in [-0.2, 0) is 11.4 Å². The van der Waals surface area contributed by atoms with E-state index in [1.807, 2.05) is 13.8 Å². The molecule has 1 aromatic rings. The van der Waals surface area contributed by atoms with Crippen LogP contribution in [-0.4, -0.2) is 23.2 Å². The Morgan fingerprint density at radius 3 is 2.68 bits per heavy atom. The summed E-state index contributed by atoms with van der Waals surface area (Å²) in [4.78, 5) is 11.9. The first-order valence-corrected chi connectivity index (χ1v) is 7.13. The normalized spacial score (nSPS) is 13.7. The number of hydrogen-bond donors (Lipinski definition) is 2. The molecule has 0 aliphatic rings. The summed E-state index contributed by atoms with van der Waals surface area (Å²) >= 11 is 3.36. The topological polar surface area (TPSA) is 58.6 Å². The summed E-state index contributed by atoms with van der Waals surface area (Å²) in [5.74, 6) is 0.455. The van der Waals surface area contributed by atoms with E-state index in [1.54, 1.807) is 25.1 Å². The maximum absolute atomic E-state index is 11.9. The number of nitrogens with one attached hydrogen (secondary N) is 1. The van der Waals surface area contributed by atoms with E-state index in [0.717, 1.165) is 16.5 Å². The van der Waals surface area contributed by atoms with Gasteiger partial charge >= 0.3 is 0 Å². The summed E-state index contributed by atoms with van der Waals surface area (Å²) < 4.78 is 6.34. The van der Waals surface area contributed by atoms with Crippen molar-refractivity contribution in [1.82, 2.24) is 5.32 Å². The van der Waals surface area contributed by atoms with Gasteiger partial charge in [-0.05, 0) is 53.9 Å². The van der Waals surface area contributed by atoms with Crippen LogP contribution < -0.4 is 10.1 Å². The van der Waals surface area contributed by atoms with E-state index < -0.39 is 6.10 Å². The molecule has 19 heavy (non-hydrogen) atoms. The molecule has 1 aromatic carbocycles. The highest BCUT2D eigenvalue weighted by Gasteiger charge is 2.17. The quantitative estimate of drug-likeness (QED) is 0.843. The number of ether oxygens (including phenoxy) is 1. The van der Waals surface area contributed by atoms with Crippen LogP contribution in [0.5, 0.6) is 5.75 Å². The summed E-state index contributed by atoms with van der Waals surface area (Å²) in [6, 6.07) is 5.41. The Morgan fingerprint density at radius 1 is 1.47 bits per heavy atom. The molecule has 1 rings (SSSR count). The number of halogens is 1. The second-order valence-electron chi connectivity index (χ2n) is 4.50. The van der Waals surface area contributed by atoms with Gasteiger partial charge in [-0.1, -0.05) is 13.0 Å². The first kappa shape index (κ1) is 16.0. The maximum atomic E-state index is 11.9. The molecule has 0 radical (unpaired) electrons. The number of hydrogen-bond acceptors (Lipinski definition) is 3. The van der Waals surface area contributed by atoms with Gasteiger partial charge in [0, 0.05) is 6.04 Å². The van der Waals surface area contributed by atoms with Crippen LogP contribution in [0.2, 0.25) is 0 Å². The van der Waals surface area contributed by atoms with Gasteiger partial charge in [-0.25, -0.2) is 0 Å². The zero-order valence-corrected chi connectivity index (χ0v) is 13.0. The van der Waals surface area contributed by atoms with Crippen molar-refractivity contribution in [3.05, 3.63) is 28.2 Å².